The van der Waals surface area contributed by atoms with Crippen LogP contribution in [0.25, 0.3) is 0 Å². The SMILES string of the molecule is CC(C)c1nc(N)c2c(n1)N(C(C)C)C(O)C2. The molecular formula is C12H20N4O. The van der Waals surface area contributed by atoms with Gasteiger partial charge in [0.05, 0.1) is 0 Å². The first-order valence-corrected chi connectivity index (χ1v) is 6.04. The topological polar surface area (TPSA) is 75.3 Å². The van der Waals surface area contributed by atoms with Crippen molar-refractivity contribution >= 4 is 11.6 Å². The lowest BCUT2D eigenvalue weighted by Crippen LogP contribution is -2.38. The number of fused-ring (bicyclic) bond motifs is 1. The van der Waals surface area contributed by atoms with Crippen molar-refractivity contribution in [1.29, 1.82) is 0 Å². The van der Waals surface area contributed by atoms with E-state index in [1.807, 2.05) is 32.6 Å². The maximum absolute atomic E-state index is 10.0. The molecule has 0 aromatic carbocycles. The van der Waals surface area contributed by atoms with Crippen LogP contribution >= 0.6 is 0 Å². The van der Waals surface area contributed by atoms with Gasteiger partial charge in [0.25, 0.3) is 0 Å². The van der Waals surface area contributed by atoms with Gasteiger partial charge in [-0.3, -0.25) is 0 Å². The number of nitrogen functional groups attached to an aromatic ring is 1. The molecule has 17 heavy (non-hydrogen) atoms. The molecule has 5 heteroatoms. The van der Waals surface area contributed by atoms with Crippen LogP contribution in [0.5, 0.6) is 0 Å². The third kappa shape index (κ3) is 1.95. The number of nitrogens with two attached hydrogens (primary N) is 1. The number of aliphatic hydroxyl groups is 1. The number of rotatable bonds is 2. The molecule has 1 unspecified atom stereocenters. The summed E-state index contributed by atoms with van der Waals surface area (Å²) in [7, 11) is 0. The van der Waals surface area contributed by atoms with Crippen molar-refractivity contribution in [3.8, 4) is 0 Å². The van der Waals surface area contributed by atoms with Crippen molar-refractivity contribution in [2.75, 3.05) is 10.6 Å². The molecular weight excluding hydrogens is 216 g/mol. The van der Waals surface area contributed by atoms with E-state index in [9.17, 15) is 5.11 Å². The fourth-order valence-corrected chi connectivity index (χ4v) is 2.18. The monoisotopic (exact) mass is 236 g/mol. The van der Waals surface area contributed by atoms with Gasteiger partial charge in [-0.15, -0.1) is 0 Å². The van der Waals surface area contributed by atoms with Gasteiger partial charge >= 0.3 is 0 Å². The highest BCUT2D eigenvalue weighted by Crippen LogP contribution is 2.34. The fraction of sp³-hybridized carbons (Fsp3) is 0.667. The lowest BCUT2D eigenvalue weighted by molar-refractivity contribution is 0.171. The number of aliphatic hydroxyl groups excluding tert-OH is 1. The first-order valence-electron chi connectivity index (χ1n) is 6.04. The maximum Gasteiger partial charge on any atom is 0.140 e. The molecule has 0 aliphatic carbocycles. The first kappa shape index (κ1) is 12.1. The molecule has 3 N–H and O–H groups in total. The van der Waals surface area contributed by atoms with E-state index in [1.165, 1.54) is 0 Å². The highest BCUT2D eigenvalue weighted by atomic mass is 16.3. The Balaban J connectivity index is 2.52. The van der Waals surface area contributed by atoms with Gasteiger partial charge in [-0.1, -0.05) is 13.8 Å². The number of hydrogen-bond acceptors (Lipinski definition) is 5. The summed E-state index contributed by atoms with van der Waals surface area (Å²) in [6.45, 7) is 8.13. The lowest BCUT2D eigenvalue weighted by atomic mass is 10.2. The van der Waals surface area contributed by atoms with Gasteiger partial charge in [-0.25, -0.2) is 9.97 Å². The van der Waals surface area contributed by atoms with Crippen LogP contribution in [0.4, 0.5) is 11.6 Å². The molecule has 94 valence electrons. The Kier molecular flexibility index (Phi) is 2.95. The van der Waals surface area contributed by atoms with Crippen molar-refractivity contribution in [3.63, 3.8) is 0 Å². The molecule has 1 aromatic rings. The highest BCUT2D eigenvalue weighted by Gasteiger charge is 2.33. The van der Waals surface area contributed by atoms with Crippen LogP contribution in [0.2, 0.25) is 0 Å². The third-order valence-corrected chi connectivity index (χ3v) is 3.06. The second-order valence-electron chi connectivity index (χ2n) is 5.11. The minimum Gasteiger partial charge on any atom is -0.383 e. The molecule has 1 aromatic heterocycles. The van der Waals surface area contributed by atoms with Crippen LogP contribution in [0.15, 0.2) is 0 Å². The Morgan fingerprint density at radius 2 is 1.94 bits per heavy atom. The minimum atomic E-state index is -0.538. The first-order chi connectivity index (χ1) is 7.91. The van der Waals surface area contributed by atoms with E-state index in [4.69, 9.17) is 5.73 Å². The predicted molar refractivity (Wildman–Crippen MR) is 67.9 cm³/mol. The molecule has 0 radical (unpaired) electrons. The molecule has 2 heterocycles. The summed E-state index contributed by atoms with van der Waals surface area (Å²) < 4.78 is 0. The fourth-order valence-electron chi connectivity index (χ4n) is 2.18. The summed E-state index contributed by atoms with van der Waals surface area (Å²) in [6.07, 6.45) is -0.0263. The molecule has 0 fully saturated rings. The average molecular weight is 236 g/mol. The Morgan fingerprint density at radius 1 is 1.29 bits per heavy atom. The minimum absolute atomic E-state index is 0.195. The average Bonchev–Trinajstić information content (AvgIpc) is 2.54. The molecule has 0 bridgehead atoms. The van der Waals surface area contributed by atoms with Gasteiger partial charge in [0.2, 0.25) is 0 Å². The lowest BCUT2D eigenvalue weighted by Gasteiger charge is -2.27. The van der Waals surface area contributed by atoms with Crippen LogP contribution in [0, 0.1) is 0 Å². The molecule has 2 rings (SSSR count). The summed E-state index contributed by atoms with van der Waals surface area (Å²) in [5, 5.41) is 10.0. The predicted octanol–water partition coefficient (Wildman–Crippen LogP) is 1.27. The summed E-state index contributed by atoms with van der Waals surface area (Å²) in [4.78, 5) is 10.7. The Bertz CT molecular complexity index is 431. The van der Waals surface area contributed by atoms with Crippen molar-refractivity contribution < 1.29 is 5.11 Å². The van der Waals surface area contributed by atoms with E-state index in [-0.39, 0.29) is 12.0 Å². The normalized spacial score (nSPS) is 19.2. The Labute approximate surface area is 102 Å². The quantitative estimate of drug-likeness (QED) is 0.808. The van der Waals surface area contributed by atoms with E-state index in [0.29, 0.717) is 12.2 Å². The van der Waals surface area contributed by atoms with Gasteiger partial charge in [-0.2, -0.15) is 0 Å². The second kappa shape index (κ2) is 4.14. The molecule has 0 saturated carbocycles. The highest BCUT2D eigenvalue weighted by molar-refractivity contribution is 5.62. The smallest absolute Gasteiger partial charge is 0.140 e. The third-order valence-electron chi connectivity index (χ3n) is 3.06. The maximum atomic E-state index is 10.0. The van der Waals surface area contributed by atoms with Crippen LogP contribution in [-0.4, -0.2) is 27.3 Å². The van der Waals surface area contributed by atoms with Crippen molar-refractivity contribution in [1.82, 2.24) is 9.97 Å². The summed E-state index contributed by atoms with van der Waals surface area (Å²) in [5.74, 6) is 2.26. The molecule has 1 aliphatic rings. The standard InChI is InChI=1S/C12H20N4O/c1-6(2)11-14-10(13)8-5-9(17)16(7(3)4)12(8)15-11/h6-7,9,17H,5H2,1-4H3,(H2,13,14,15). The zero-order valence-electron chi connectivity index (χ0n) is 10.8. The largest absolute Gasteiger partial charge is 0.383 e. The summed E-state index contributed by atoms with van der Waals surface area (Å²) in [5.41, 5.74) is 6.82. The van der Waals surface area contributed by atoms with E-state index in [0.717, 1.165) is 17.2 Å². The number of aromatic nitrogens is 2. The van der Waals surface area contributed by atoms with Crippen LogP contribution < -0.4 is 10.6 Å². The van der Waals surface area contributed by atoms with E-state index >= 15 is 0 Å². The van der Waals surface area contributed by atoms with E-state index in [2.05, 4.69) is 9.97 Å². The summed E-state index contributed by atoms with van der Waals surface area (Å²) >= 11 is 0. The van der Waals surface area contributed by atoms with Gasteiger partial charge in [0, 0.05) is 23.9 Å². The Morgan fingerprint density at radius 3 is 2.47 bits per heavy atom. The van der Waals surface area contributed by atoms with Crippen molar-refractivity contribution in [2.24, 2.45) is 0 Å². The van der Waals surface area contributed by atoms with Crippen molar-refractivity contribution in [2.45, 2.75) is 52.3 Å². The zero-order valence-corrected chi connectivity index (χ0v) is 10.8. The zero-order chi connectivity index (χ0) is 12.7. The molecule has 0 spiro atoms. The van der Waals surface area contributed by atoms with Crippen LogP contribution in [0.3, 0.4) is 0 Å². The number of hydrogen-bond donors (Lipinski definition) is 2. The van der Waals surface area contributed by atoms with Gasteiger partial charge in [0.15, 0.2) is 0 Å². The molecule has 0 amide bonds. The van der Waals surface area contributed by atoms with Crippen molar-refractivity contribution in [3.05, 3.63) is 11.4 Å². The molecule has 1 aliphatic heterocycles. The van der Waals surface area contributed by atoms with E-state index < -0.39 is 6.23 Å². The Hall–Kier alpha value is -1.36. The van der Waals surface area contributed by atoms with Crippen LogP contribution in [-0.2, 0) is 6.42 Å². The molecule has 1 atom stereocenters. The number of nitrogens with zero attached hydrogens (tertiary/aromatic N) is 3. The summed E-state index contributed by atoms with van der Waals surface area (Å²) in [6, 6.07) is 0.195. The van der Waals surface area contributed by atoms with Crippen LogP contribution in [0.1, 0.15) is 45.0 Å². The molecule has 0 saturated heterocycles. The molecule has 5 nitrogen and oxygen atoms in total. The van der Waals surface area contributed by atoms with Gasteiger partial charge < -0.3 is 15.7 Å². The van der Waals surface area contributed by atoms with Gasteiger partial charge in [-0.05, 0) is 13.8 Å². The second-order valence-corrected chi connectivity index (χ2v) is 5.11. The van der Waals surface area contributed by atoms with E-state index in [1.54, 1.807) is 0 Å². The van der Waals surface area contributed by atoms with Gasteiger partial charge in [0.1, 0.15) is 23.7 Å². The number of anilines is 2.